The lowest BCUT2D eigenvalue weighted by Crippen LogP contribution is -2.24. The van der Waals surface area contributed by atoms with Gasteiger partial charge in [0.15, 0.2) is 11.5 Å². The number of ether oxygens (including phenoxy) is 1. The van der Waals surface area contributed by atoms with Crippen LogP contribution in [-0.4, -0.2) is 24.7 Å². The first-order chi connectivity index (χ1) is 8.70. The molecule has 0 heterocycles. The highest BCUT2D eigenvalue weighted by molar-refractivity contribution is 5.97. The number of phenolic OH excluding ortho intramolecular Hbond substituents is 1. The predicted octanol–water partition coefficient (Wildman–Crippen LogP) is 1.82. The predicted molar refractivity (Wildman–Crippen MR) is 66.5 cm³/mol. The van der Waals surface area contributed by atoms with Crippen LogP contribution in [0.2, 0.25) is 0 Å². The second kappa shape index (κ2) is 7.17. The maximum absolute atomic E-state index is 11.8. The van der Waals surface area contributed by atoms with Crippen LogP contribution >= 0.6 is 0 Å². The van der Waals surface area contributed by atoms with Crippen LogP contribution in [0, 0.1) is 11.3 Å². The molecule has 0 spiro atoms. The molecule has 0 atom stereocenters. The molecule has 1 amide bonds. The molecule has 1 aromatic carbocycles. The summed E-state index contributed by atoms with van der Waals surface area (Å²) < 4.78 is 4.93. The smallest absolute Gasteiger partial charge is 0.255 e. The number of nitrogens with zero attached hydrogens (tertiary/aromatic N) is 1. The number of unbranched alkanes of at least 4 members (excludes halogenated alkanes) is 2. The molecular formula is C13H16N2O3. The van der Waals surface area contributed by atoms with Gasteiger partial charge in [-0.25, -0.2) is 0 Å². The zero-order valence-electron chi connectivity index (χ0n) is 10.3. The molecule has 0 radical (unpaired) electrons. The van der Waals surface area contributed by atoms with E-state index in [1.54, 1.807) is 12.1 Å². The molecule has 5 nitrogen and oxygen atoms in total. The number of aromatic hydroxyl groups is 1. The Kier molecular flexibility index (Phi) is 5.52. The van der Waals surface area contributed by atoms with Crippen LogP contribution in [0.25, 0.3) is 0 Å². The first-order valence-corrected chi connectivity index (χ1v) is 5.71. The van der Waals surface area contributed by atoms with E-state index in [4.69, 9.17) is 10.00 Å². The molecule has 96 valence electrons. The molecule has 0 aliphatic rings. The number of para-hydroxylation sites is 1. The molecule has 0 saturated carbocycles. The minimum atomic E-state index is -0.344. The maximum Gasteiger partial charge on any atom is 0.255 e. The van der Waals surface area contributed by atoms with Crippen molar-refractivity contribution in [3.8, 4) is 17.6 Å². The Bertz CT molecular complexity index is 452. The van der Waals surface area contributed by atoms with Crippen molar-refractivity contribution in [2.45, 2.75) is 19.3 Å². The number of nitrogens with one attached hydrogen (secondary N) is 1. The van der Waals surface area contributed by atoms with Crippen LogP contribution < -0.4 is 10.1 Å². The Hall–Kier alpha value is -2.22. The van der Waals surface area contributed by atoms with Gasteiger partial charge in [0.2, 0.25) is 0 Å². The average Bonchev–Trinajstić information content (AvgIpc) is 2.38. The van der Waals surface area contributed by atoms with E-state index in [9.17, 15) is 9.90 Å². The minimum absolute atomic E-state index is 0.158. The summed E-state index contributed by atoms with van der Waals surface area (Å²) in [5.41, 5.74) is 0.189. The third kappa shape index (κ3) is 3.67. The zero-order chi connectivity index (χ0) is 13.4. The van der Waals surface area contributed by atoms with Crippen LogP contribution in [-0.2, 0) is 0 Å². The molecule has 0 fully saturated rings. The SMILES string of the molecule is COc1cccc(C(=O)NCCCCC#N)c1O. The van der Waals surface area contributed by atoms with E-state index in [1.165, 1.54) is 13.2 Å². The number of carbonyl (C=O) groups excluding carboxylic acids is 1. The highest BCUT2D eigenvalue weighted by atomic mass is 16.5. The number of rotatable bonds is 6. The molecule has 5 heteroatoms. The number of phenols is 1. The van der Waals surface area contributed by atoms with Crippen molar-refractivity contribution in [1.29, 1.82) is 5.26 Å². The van der Waals surface area contributed by atoms with Crippen molar-refractivity contribution >= 4 is 5.91 Å². The summed E-state index contributed by atoms with van der Waals surface area (Å²) in [6, 6.07) is 6.80. The quantitative estimate of drug-likeness (QED) is 0.752. The van der Waals surface area contributed by atoms with E-state index < -0.39 is 0 Å². The van der Waals surface area contributed by atoms with Crippen molar-refractivity contribution in [1.82, 2.24) is 5.32 Å². The number of carbonyl (C=O) groups is 1. The Morgan fingerprint density at radius 2 is 2.28 bits per heavy atom. The lowest BCUT2D eigenvalue weighted by atomic mass is 10.1. The van der Waals surface area contributed by atoms with Crippen LogP contribution in [0.5, 0.6) is 11.5 Å². The third-order valence-electron chi connectivity index (χ3n) is 2.46. The number of methoxy groups -OCH3 is 1. The fourth-order valence-corrected chi connectivity index (χ4v) is 1.50. The third-order valence-corrected chi connectivity index (χ3v) is 2.46. The van der Waals surface area contributed by atoms with Crippen LogP contribution in [0.4, 0.5) is 0 Å². The number of nitriles is 1. The van der Waals surface area contributed by atoms with Gasteiger partial charge in [0.1, 0.15) is 0 Å². The van der Waals surface area contributed by atoms with E-state index in [2.05, 4.69) is 5.32 Å². The molecule has 0 aliphatic heterocycles. The van der Waals surface area contributed by atoms with Crippen LogP contribution in [0.15, 0.2) is 18.2 Å². The molecule has 0 unspecified atom stereocenters. The van der Waals surface area contributed by atoms with Crippen molar-refractivity contribution < 1.29 is 14.6 Å². The number of hydrogen-bond acceptors (Lipinski definition) is 4. The number of amides is 1. The second-order valence-corrected chi connectivity index (χ2v) is 3.73. The Morgan fingerprint density at radius 1 is 1.50 bits per heavy atom. The fourth-order valence-electron chi connectivity index (χ4n) is 1.50. The minimum Gasteiger partial charge on any atom is -0.504 e. The first kappa shape index (κ1) is 13.8. The highest BCUT2D eigenvalue weighted by Gasteiger charge is 2.13. The van der Waals surface area contributed by atoms with E-state index in [0.717, 1.165) is 12.8 Å². The van der Waals surface area contributed by atoms with Crippen molar-refractivity contribution in [2.24, 2.45) is 0 Å². The molecule has 0 aliphatic carbocycles. The van der Waals surface area contributed by atoms with Gasteiger partial charge in [-0.15, -0.1) is 0 Å². The Morgan fingerprint density at radius 3 is 2.94 bits per heavy atom. The summed E-state index contributed by atoms with van der Waals surface area (Å²) in [7, 11) is 1.43. The number of hydrogen-bond donors (Lipinski definition) is 2. The second-order valence-electron chi connectivity index (χ2n) is 3.73. The molecule has 18 heavy (non-hydrogen) atoms. The largest absolute Gasteiger partial charge is 0.504 e. The highest BCUT2D eigenvalue weighted by Crippen LogP contribution is 2.29. The maximum atomic E-state index is 11.8. The monoisotopic (exact) mass is 248 g/mol. The summed E-state index contributed by atoms with van der Waals surface area (Å²) in [6.45, 7) is 0.483. The van der Waals surface area contributed by atoms with Gasteiger partial charge in [-0.1, -0.05) is 6.07 Å². The molecular weight excluding hydrogens is 232 g/mol. The summed E-state index contributed by atoms with van der Waals surface area (Å²) in [5.74, 6) is -0.231. The van der Waals surface area contributed by atoms with Crippen molar-refractivity contribution in [2.75, 3.05) is 13.7 Å². The van der Waals surface area contributed by atoms with E-state index in [0.29, 0.717) is 13.0 Å². The number of benzene rings is 1. The summed E-state index contributed by atoms with van der Waals surface area (Å²) in [6.07, 6.45) is 1.98. The fraction of sp³-hybridized carbons (Fsp3) is 0.385. The van der Waals surface area contributed by atoms with Gasteiger partial charge >= 0.3 is 0 Å². The van der Waals surface area contributed by atoms with E-state index >= 15 is 0 Å². The lowest BCUT2D eigenvalue weighted by molar-refractivity contribution is 0.0950. The Balaban J connectivity index is 2.54. The van der Waals surface area contributed by atoms with E-state index in [1.807, 2.05) is 6.07 Å². The summed E-state index contributed by atoms with van der Waals surface area (Å²) in [5, 5.41) is 20.8. The van der Waals surface area contributed by atoms with Crippen molar-refractivity contribution in [3.05, 3.63) is 23.8 Å². The normalized spacial score (nSPS) is 9.56. The topological polar surface area (TPSA) is 82.3 Å². The summed E-state index contributed by atoms with van der Waals surface area (Å²) in [4.78, 5) is 11.8. The van der Waals surface area contributed by atoms with Gasteiger partial charge in [-0.05, 0) is 25.0 Å². The van der Waals surface area contributed by atoms with Gasteiger partial charge < -0.3 is 15.2 Å². The van der Waals surface area contributed by atoms with Gasteiger partial charge in [-0.3, -0.25) is 4.79 Å². The lowest BCUT2D eigenvalue weighted by Gasteiger charge is -2.09. The van der Waals surface area contributed by atoms with Gasteiger partial charge in [0.25, 0.3) is 5.91 Å². The van der Waals surface area contributed by atoms with Crippen LogP contribution in [0.1, 0.15) is 29.6 Å². The van der Waals surface area contributed by atoms with Gasteiger partial charge in [0, 0.05) is 13.0 Å². The molecule has 1 aromatic rings. The van der Waals surface area contributed by atoms with Crippen molar-refractivity contribution in [3.63, 3.8) is 0 Å². The molecule has 2 N–H and O–H groups in total. The average molecular weight is 248 g/mol. The molecule has 1 rings (SSSR count). The Labute approximate surface area is 106 Å². The van der Waals surface area contributed by atoms with E-state index in [-0.39, 0.29) is 23.0 Å². The molecule has 0 saturated heterocycles. The van der Waals surface area contributed by atoms with Gasteiger partial charge in [0.05, 0.1) is 18.7 Å². The standard InChI is InChI=1S/C13H16N2O3/c1-18-11-7-5-6-10(12(11)16)13(17)15-9-4-2-3-8-14/h5-7,16H,2-4,9H2,1H3,(H,15,17). The van der Waals surface area contributed by atoms with Gasteiger partial charge in [-0.2, -0.15) is 5.26 Å². The molecule has 0 bridgehead atoms. The zero-order valence-corrected chi connectivity index (χ0v) is 10.3. The molecule has 0 aromatic heterocycles. The summed E-state index contributed by atoms with van der Waals surface area (Å²) >= 11 is 0. The first-order valence-electron chi connectivity index (χ1n) is 5.71. The van der Waals surface area contributed by atoms with Crippen LogP contribution in [0.3, 0.4) is 0 Å².